The number of furan rings is 1. The molecule has 2 aromatic heterocycles. The van der Waals surface area contributed by atoms with Crippen molar-refractivity contribution in [1.29, 1.82) is 5.26 Å². The summed E-state index contributed by atoms with van der Waals surface area (Å²) in [5, 5.41) is 19.2. The summed E-state index contributed by atoms with van der Waals surface area (Å²) in [6.07, 6.45) is 0. The zero-order valence-corrected chi connectivity index (χ0v) is 11.1. The van der Waals surface area contributed by atoms with Crippen molar-refractivity contribution < 1.29 is 14.3 Å². The average molecular weight is 278 g/mol. The van der Waals surface area contributed by atoms with E-state index in [1.165, 1.54) is 6.07 Å². The molecule has 0 radical (unpaired) electrons. The Morgan fingerprint density at radius 1 is 1.33 bits per heavy atom. The van der Waals surface area contributed by atoms with Crippen LogP contribution in [0.2, 0.25) is 0 Å². The second kappa shape index (κ2) is 4.76. The van der Waals surface area contributed by atoms with Gasteiger partial charge in [-0.15, -0.1) is 0 Å². The first-order valence-corrected chi connectivity index (χ1v) is 6.24. The quantitative estimate of drug-likeness (QED) is 0.776. The summed E-state index contributed by atoms with van der Waals surface area (Å²) in [6.45, 7) is 1.59. The molecule has 5 heteroatoms. The Balaban J connectivity index is 2.24. The first kappa shape index (κ1) is 12.9. The van der Waals surface area contributed by atoms with Crippen molar-refractivity contribution in [1.82, 2.24) is 4.98 Å². The molecule has 0 fully saturated rings. The third-order valence-corrected chi connectivity index (χ3v) is 3.22. The molecule has 0 aliphatic rings. The van der Waals surface area contributed by atoms with E-state index in [-0.39, 0.29) is 11.1 Å². The fourth-order valence-electron chi connectivity index (χ4n) is 2.19. The number of carboxylic acid groups (broad SMARTS) is 1. The van der Waals surface area contributed by atoms with Gasteiger partial charge in [0.1, 0.15) is 17.3 Å². The number of hydrogen-bond donors (Lipinski definition) is 1. The molecule has 0 bridgehead atoms. The summed E-state index contributed by atoms with van der Waals surface area (Å²) in [5.74, 6) is -0.652. The summed E-state index contributed by atoms with van der Waals surface area (Å²) in [6, 6.07) is 12.6. The molecule has 1 N–H and O–H groups in total. The van der Waals surface area contributed by atoms with Crippen LogP contribution in [0.15, 0.2) is 40.8 Å². The van der Waals surface area contributed by atoms with Crippen LogP contribution >= 0.6 is 0 Å². The number of para-hydroxylation sites is 1. The van der Waals surface area contributed by atoms with Crippen LogP contribution in [0.3, 0.4) is 0 Å². The number of hydrogen-bond acceptors (Lipinski definition) is 4. The topological polar surface area (TPSA) is 87.1 Å². The van der Waals surface area contributed by atoms with Gasteiger partial charge in [-0.1, -0.05) is 18.2 Å². The van der Waals surface area contributed by atoms with E-state index in [0.29, 0.717) is 22.7 Å². The van der Waals surface area contributed by atoms with E-state index in [1.54, 1.807) is 13.0 Å². The van der Waals surface area contributed by atoms with Gasteiger partial charge in [0.2, 0.25) is 0 Å². The predicted octanol–water partition coefficient (Wildman–Crippen LogP) is 3.37. The molecule has 1 aromatic carbocycles. The minimum atomic E-state index is -1.10. The summed E-state index contributed by atoms with van der Waals surface area (Å²) in [7, 11) is 0. The lowest BCUT2D eigenvalue weighted by molar-refractivity contribution is 0.0695. The first-order chi connectivity index (χ1) is 10.1. The minimum Gasteiger partial charge on any atom is -0.478 e. The van der Waals surface area contributed by atoms with E-state index < -0.39 is 5.97 Å². The van der Waals surface area contributed by atoms with Crippen molar-refractivity contribution in [2.75, 3.05) is 0 Å². The van der Waals surface area contributed by atoms with Crippen molar-refractivity contribution in [2.24, 2.45) is 0 Å². The highest BCUT2D eigenvalue weighted by Gasteiger charge is 2.17. The van der Waals surface area contributed by atoms with Crippen molar-refractivity contribution >= 4 is 16.9 Å². The maximum absolute atomic E-state index is 11.1. The Hall–Kier alpha value is -3.13. The van der Waals surface area contributed by atoms with Crippen LogP contribution in [0.25, 0.3) is 22.4 Å². The third-order valence-electron chi connectivity index (χ3n) is 3.22. The van der Waals surface area contributed by atoms with E-state index >= 15 is 0 Å². The minimum absolute atomic E-state index is 0.0198. The van der Waals surface area contributed by atoms with Gasteiger partial charge in [0, 0.05) is 5.39 Å². The molecule has 3 rings (SSSR count). The molecule has 0 unspecified atom stereocenters. The predicted molar refractivity (Wildman–Crippen MR) is 75.9 cm³/mol. The summed E-state index contributed by atoms with van der Waals surface area (Å²) < 4.78 is 5.69. The Morgan fingerprint density at radius 2 is 2.10 bits per heavy atom. The van der Waals surface area contributed by atoms with Gasteiger partial charge in [0.05, 0.1) is 16.8 Å². The van der Waals surface area contributed by atoms with E-state index in [9.17, 15) is 10.1 Å². The van der Waals surface area contributed by atoms with Crippen LogP contribution < -0.4 is 0 Å². The summed E-state index contributed by atoms with van der Waals surface area (Å²) in [4.78, 5) is 15.3. The van der Waals surface area contributed by atoms with E-state index in [0.717, 1.165) is 5.39 Å². The second-order valence-corrected chi connectivity index (χ2v) is 4.58. The second-order valence-electron chi connectivity index (χ2n) is 4.58. The van der Waals surface area contributed by atoms with Gasteiger partial charge in [0.25, 0.3) is 0 Å². The number of rotatable bonds is 2. The van der Waals surface area contributed by atoms with Gasteiger partial charge < -0.3 is 9.52 Å². The number of aromatic nitrogens is 1. The summed E-state index contributed by atoms with van der Waals surface area (Å²) in [5.41, 5.74) is 1.59. The molecular formula is C16H10N2O3. The van der Waals surface area contributed by atoms with Crippen LogP contribution in [0.4, 0.5) is 0 Å². The van der Waals surface area contributed by atoms with E-state index in [4.69, 9.17) is 9.52 Å². The molecule has 0 aliphatic carbocycles. The average Bonchev–Trinajstić information content (AvgIpc) is 2.90. The largest absolute Gasteiger partial charge is 0.478 e. The Labute approximate surface area is 120 Å². The highest BCUT2D eigenvalue weighted by atomic mass is 16.4. The number of pyridine rings is 1. The zero-order chi connectivity index (χ0) is 15.0. The van der Waals surface area contributed by atoms with Crippen molar-refractivity contribution in [3.8, 4) is 17.5 Å². The third kappa shape index (κ3) is 2.13. The maximum Gasteiger partial charge on any atom is 0.337 e. The molecule has 0 spiro atoms. The van der Waals surface area contributed by atoms with Crippen molar-refractivity contribution in [2.45, 2.75) is 6.92 Å². The monoisotopic (exact) mass is 278 g/mol. The van der Waals surface area contributed by atoms with Gasteiger partial charge in [0.15, 0.2) is 5.76 Å². The van der Waals surface area contributed by atoms with Crippen LogP contribution in [0, 0.1) is 18.3 Å². The number of benzene rings is 1. The first-order valence-electron chi connectivity index (χ1n) is 6.24. The Morgan fingerprint density at radius 3 is 2.76 bits per heavy atom. The van der Waals surface area contributed by atoms with Crippen molar-refractivity contribution in [3.63, 3.8) is 0 Å². The van der Waals surface area contributed by atoms with Gasteiger partial charge in [-0.25, -0.2) is 9.78 Å². The van der Waals surface area contributed by atoms with E-state index in [1.807, 2.05) is 30.3 Å². The molecule has 2 heterocycles. The molecule has 21 heavy (non-hydrogen) atoms. The fraction of sp³-hybridized carbons (Fsp3) is 0.0625. The van der Waals surface area contributed by atoms with Crippen LogP contribution in [-0.2, 0) is 0 Å². The van der Waals surface area contributed by atoms with Crippen LogP contribution in [-0.4, -0.2) is 16.1 Å². The molecule has 0 amide bonds. The molecule has 0 saturated carbocycles. The number of nitriles is 1. The highest BCUT2D eigenvalue weighted by Crippen LogP contribution is 2.29. The smallest absolute Gasteiger partial charge is 0.337 e. The van der Waals surface area contributed by atoms with E-state index in [2.05, 4.69) is 4.98 Å². The van der Waals surface area contributed by atoms with Gasteiger partial charge in [-0.05, 0) is 25.1 Å². The fourth-order valence-corrected chi connectivity index (χ4v) is 2.19. The SMILES string of the molecule is Cc1nc(-c2cc3ccccc3o2)c(C#N)cc1C(=O)O. The van der Waals surface area contributed by atoms with Gasteiger partial charge in [-0.2, -0.15) is 5.26 Å². The van der Waals surface area contributed by atoms with Crippen molar-refractivity contribution in [3.05, 3.63) is 53.2 Å². The molecule has 3 aromatic rings. The normalized spacial score (nSPS) is 10.5. The number of nitrogens with zero attached hydrogens (tertiary/aromatic N) is 2. The number of carbonyl (C=O) groups is 1. The highest BCUT2D eigenvalue weighted by molar-refractivity contribution is 5.90. The zero-order valence-electron chi connectivity index (χ0n) is 11.1. The lowest BCUT2D eigenvalue weighted by Crippen LogP contribution is -2.04. The number of aromatic carboxylic acids is 1. The lowest BCUT2D eigenvalue weighted by atomic mass is 10.1. The molecule has 0 atom stereocenters. The Bertz CT molecular complexity index is 871. The number of aryl methyl sites for hydroxylation is 1. The molecule has 5 nitrogen and oxygen atoms in total. The molecular weight excluding hydrogens is 268 g/mol. The number of fused-ring (bicyclic) bond motifs is 1. The molecule has 0 saturated heterocycles. The maximum atomic E-state index is 11.1. The lowest BCUT2D eigenvalue weighted by Gasteiger charge is -2.05. The molecule has 102 valence electrons. The summed E-state index contributed by atoms with van der Waals surface area (Å²) >= 11 is 0. The van der Waals surface area contributed by atoms with Crippen LogP contribution in [0.1, 0.15) is 21.6 Å². The van der Waals surface area contributed by atoms with Gasteiger partial charge in [-0.3, -0.25) is 0 Å². The number of carboxylic acids is 1. The molecule has 0 aliphatic heterocycles. The van der Waals surface area contributed by atoms with Gasteiger partial charge >= 0.3 is 5.97 Å². The standard InChI is InChI=1S/C16H10N2O3/c1-9-12(16(19)20)6-11(8-17)15(18-9)14-7-10-4-2-3-5-13(10)21-14/h2-7H,1H3,(H,19,20). The Kier molecular flexibility index (Phi) is 2.92. The van der Waals surface area contributed by atoms with Crippen LogP contribution in [0.5, 0.6) is 0 Å².